The number of hydrogen-bond acceptors (Lipinski definition) is 3. The highest BCUT2D eigenvalue weighted by molar-refractivity contribution is 7.10. The normalized spacial score (nSPS) is 18.8. The molecule has 19 heavy (non-hydrogen) atoms. The molecule has 0 spiro atoms. The Labute approximate surface area is 118 Å². The van der Waals surface area contributed by atoms with E-state index in [0.717, 1.165) is 17.0 Å². The van der Waals surface area contributed by atoms with Gasteiger partial charge in [-0.1, -0.05) is 25.7 Å². The Balaban J connectivity index is 1.98. The minimum absolute atomic E-state index is 0.119. The van der Waals surface area contributed by atoms with Gasteiger partial charge in [-0.2, -0.15) is 0 Å². The molecule has 1 aliphatic rings. The predicted molar refractivity (Wildman–Crippen MR) is 76.6 cm³/mol. The molecule has 2 rings (SSSR count). The van der Waals surface area contributed by atoms with Crippen LogP contribution in [0.1, 0.15) is 30.7 Å². The van der Waals surface area contributed by atoms with E-state index in [1.165, 1.54) is 0 Å². The molecule has 0 aromatic carbocycles. The fourth-order valence-electron chi connectivity index (χ4n) is 2.26. The van der Waals surface area contributed by atoms with Crippen LogP contribution in [0, 0.1) is 23.7 Å². The first-order valence-corrected chi connectivity index (χ1v) is 7.43. The summed E-state index contributed by atoms with van der Waals surface area (Å²) in [6, 6.07) is 2.00. The van der Waals surface area contributed by atoms with Gasteiger partial charge in [0.2, 0.25) is 5.91 Å². The second kappa shape index (κ2) is 6.23. The Bertz CT molecular complexity index is 510. The molecular weight excluding hydrogens is 258 g/mol. The Kier molecular flexibility index (Phi) is 4.62. The van der Waals surface area contributed by atoms with Crippen molar-refractivity contribution in [3.8, 4) is 11.8 Å². The van der Waals surface area contributed by atoms with E-state index >= 15 is 0 Å². The molecule has 0 radical (unpaired) electrons. The molecule has 1 aromatic heterocycles. The summed E-state index contributed by atoms with van der Waals surface area (Å²) in [6.45, 7) is 5.79. The van der Waals surface area contributed by atoms with Gasteiger partial charge < -0.3 is 10.0 Å². The van der Waals surface area contributed by atoms with Crippen molar-refractivity contribution in [3.05, 3.63) is 21.9 Å². The van der Waals surface area contributed by atoms with Gasteiger partial charge in [-0.3, -0.25) is 4.79 Å². The molecule has 1 fully saturated rings. The second-order valence-electron chi connectivity index (χ2n) is 5.24. The van der Waals surface area contributed by atoms with E-state index in [-0.39, 0.29) is 12.5 Å². The molecule has 1 unspecified atom stereocenters. The lowest BCUT2D eigenvalue weighted by molar-refractivity contribution is -0.128. The fraction of sp³-hybridized carbons (Fsp3) is 0.533. The first-order chi connectivity index (χ1) is 9.10. The van der Waals surface area contributed by atoms with Gasteiger partial charge in [0.25, 0.3) is 0 Å². The van der Waals surface area contributed by atoms with E-state index < -0.39 is 0 Å². The molecule has 0 bridgehead atoms. The molecule has 102 valence electrons. The van der Waals surface area contributed by atoms with Crippen LogP contribution in [0.4, 0.5) is 0 Å². The van der Waals surface area contributed by atoms with E-state index in [1.807, 2.05) is 16.3 Å². The highest BCUT2D eigenvalue weighted by Crippen LogP contribution is 2.27. The summed E-state index contributed by atoms with van der Waals surface area (Å²) in [4.78, 5) is 15.0. The van der Waals surface area contributed by atoms with Crippen molar-refractivity contribution in [2.24, 2.45) is 11.8 Å². The van der Waals surface area contributed by atoms with Gasteiger partial charge >= 0.3 is 0 Å². The minimum atomic E-state index is -0.119. The molecule has 3 nitrogen and oxygen atoms in total. The molecule has 1 aromatic rings. The first kappa shape index (κ1) is 14.1. The molecule has 0 aliphatic carbocycles. The average molecular weight is 277 g/mol. The highest BCUT2D eigenvalue weighted by atomic mass is 32.1. The van der Waals surface area contributed by atoms with E-state index in [2.05, 4.69) is 25.7 Å². The standard InChI is InChI=1S/C15H19NO2S/c1-11(2)13-7-15(18)16(8-13)9-14-6-12(10-19-14)4-3-5-17/h6,10-11,13,17H,5,7-9H2,1-2H3. The molecular formula is C15H19NO2S. The van der Waals surface area contributed by atoms with Crippen LogP contribution in [0.3, 0.4) is 0 Å². The Morgan fingerprint density at radius 2 is 2.37 bits per heavy atom. The zero-order chi connectivity index (χ0) is 13.8. The maximum atomic E-state index is 11.9. The Morgan fingerprint density at radius 1 is 1.58 bits per heavy atom. The Morgan fingerprint density at radius 3 is 3.00 bits per heavy atom. The summed E-state index contributed by atoms with van der Waals surface area (Å²) < 4.78 is 0. The maximum absolute atomic E-state index is 11.9. The molecule has 1 N–H and O–H groups in total. The van der Waals surface area contributed by atoms with Crippen molar-refractivity contribution in [3.63, 3.8) is 0 Å². The van der Waals surface area contributed by atoms with Gasteiger partial charge in [0.15, 0.2) is 0 Å². The van der Waals surface area contributed by atoms with Crippen LogP contribution in [0.5, 0.6) is 0 Å². The van der Waals surface area contributed by atoms with Gasteiger partial charge in [0.1, 0.15) is 6.61 Å². The predicted octanol–water partition coefficient (Wildman–Crippen LogP) is 2.10. The number of nitrogens with zero attached hydrogens (tertiary/aromatic N) is 1. The lowest BCUT2D eigenvalue weighted by atomic mass is 9.95. The van der Waals surface area contributed by atoms with Crippen molar-refractivity contribution >= 4 is 17.2 Å². The largest absolute Gasteiger partial charge is 0.384 e. The SMILES string of the molecule is CC(C)C1CC(=O)N(Cc2cc(C#CCO)cs2)C1. The monoisotopic (exact) mass is 277 g/mol. The lowest BCUT2D eigenvalue weighted by Gasteiger charge is -2.17. The topological polar surface area (TPSA) is 40.5 Å². The zero-order valence-corrected chi connectivity index (χ0v) is 12.2. The number of carbonyl (C=O) groups excluding carboxylic acids is 1. The number of amides is 1. The first-order valence-electron chi connectivity index (χ1n) is 6.55. The summed E-state index contributed by atoms with van der Waals surface area (Å²) in [5, 5.41) is 10.6. The van der Waals surface area contributed by atoms with Crippen molar-refractivity contribution in [1.29, 1.82) is 0 Å². The van der Waals surface area contributed by atoms with E-state index in [9.17, 15) is 4.79 Å². The van der Waals surface area contributed by atoms with Gasteiger partial charge in [-0.05, 0) is 17.9 Å². The number of carbonyl (C=O) groups is 1. The molecule has 1 atom stereocenters. The van der Waals surface area contributed by atoms with E-state index in [4.69, 9.17) is 5.11 Å². The summed E-state index contributed by atoms with van der Waals surface area (Å²) in [7, 11) is 0. The van der Waals surface area contributed by atoms with Crippen molar-refractivity contribution in [2.45, 2.75) is 26.8 Å². The molecule has 1 aliphatic heterocycles. The van der Waals surface area contributed by atoms with Crippen LogP contribution in [-0.4, -0.2) is 29.1 Å². The van der Waals surface area contributed by atoms with Crippen LogP contribution in [0.15, 0.2) is 11.4 Å². The molecule has 2 heterocycles. The van der Waals surface area contributed by atoms with Crippen LogP contribution < -0.4 is 0 Å². The van der Waals surface area contributed by atoms with Gasteiger partial charge in [0.05, 0.1) is 6.54 Å². The molecule has 1 saturated heterocycles. The number of rotatable bonds is 3. The Hall–Kier alpha value is -1.31. The number of likely N-dealkylation sites (tertiary alicyclic amines) is 1. The van der Waals surface area contributed by atoms with Gasteiger partial charge in [-0.25, -0.2) is 0 Å². The van der Waals surface area contributed by atoms with Crippen molar-refractivity contribution in [2.75, 3.05) is 13.2 Å². The third-order valence-corrected chi connectivity index (χ3v) is 4.42. The molecule has 0 saturated carbocycles. The maximum Gasteiger partial charge on any atom is 0.223 e. The number of hydrogen-bond donors (Lipinski definition) is 1. The molecule has 4 heteroatoms. The smallest absolute Gasteiger partial charge is 0.223 e. The van der Waals surface area contributed by atoms with Crippen LogP contribution in [0.25, 0.3) is 0 Å². The van der Waals surface area contributed by atoms with Crippen molar-refractivity contribution < 1.29 is 9.90 Å². The summed E-state index contributed by atoms with van der Waals surface area (Å²) in [6.07, 6.45) is 0.681. The summed E-state index contributed by atoms with van der Waals surface area (Å²) in [5.41, 5.74) is 0.918. The van der Waals surface area contributed by atoms with Crippen LogP contribution in [-0.2, 0) is 11.3 Å². The fourth-order valence-corrected chi connectivity index (χ4v) is 3.09. The van der Waals surface area contributed by atoms with Gasteiger partial charge in [-0.15, -0.1) is 11.3 Å². The van der Waals surface area contributed by atoms with Crippen LogP contribution >= 0.6 is 11.3 Å². The zero-order valence-electron chi connectivity index (χ0n) is 11.3. The number of aliphatic hydroxyl groups excluding tert-OH is 1. The average Bonchev–Trinajstić information content (AvgIpc) is 2.95. The minimum Gasteiger partial charge on any atom is -0.384 e. The number of thiophene rings is 1. The third kappa shape index (κ3) is 3.59. The van der Waals surface area contributed by atoms with E-state index in [0.29, 0.717) is 24.8 Å². The quantitative estimate of drug-likeness (QED) is 0.860. The van der Waals surface area contributed by atoms with Gasteiger partial charge in [0, 0.05) is 28.8 Å². The number of aliphatic hydroxyl groups is 1. The second-order valence-corrected chi connectivity index (χ2v) is 6.24. The van der Waals surface area contributed by atoms with Crippen molar-refractivity contribution in [1.82, 2.24) is 4.90 Å². The molecule has 1 amide bonds. The third-order valence-electron chi connectivity index (χ3n) is 3.50. The van der Waals surface area contributed by atoms with Crippen LogP contribution in [0.2, 0.25) is 0 Å². The lowest BCUT2D eigenvalue weighted by Crippen LogP contribution is -2.24. The summed E-state index contributed by atoms with van der Waals surface area (Å²) >= 11 is 1.62. The van der Waals surface area contributed by atoms with E-state index in [1.54, 1.807) is 11.3 Å². The summed E-state index contributed by atoms with van der Waals surface area (Å²) in [5.74, 6) is 6.82. The highest BCUT2D eigenvalue weighted by Gasteiger charge is 2.31.